The number of benzene rings is 1. The Morgan fingerprint density at radius 1 is 1.13 bits per heavy atom. The summed E-state index contributed by atoms with van der Waals surface area (Å²) < 4.78 is 37.0. The highest BCUT2D eigenvalue weighted by Crippen LogP contribution is 2.47. The number of hydrogen-bond donors (Lipinski definition) is 1. The molecule has 1 fully saturated rings. The van der Waals surface area contributed by atoms with E-state index in [9.17, 15) is 12.9 Å². The maximum Gasteiger partial charge on any atom is 0.509 e. The summed E-state index contributed by atoms with van der Waals surface area (Å²) in [5.41, 5.74) is -0.0155. The third kappa shape index (κ3) is 1.88. The number of aliphatic hydroxyl groups excluding tert-OH is 1. The minimum Gasteiger partial charge on any atom is -0.445 e. The van der Waals surface area contributed by atoms with Gasteiger partial charge in [0.1, 0.15) is 0 Å². The van der Waals surface area contributed by atoms with Crippen molar-refractivity contribution >= 4 is 12.4 Å². The standard InChI is InChI=1S/C10H11BF3O/c12-11(13,14)9-3-1-8(2-4-9)10(7-15)5-6-10/h1-4,15H,5-7H2/q-1. The molecule has 1 aliphatic carbocycles. The molecule has 0 radical (unpaired) electrons. The van der Waals surface area contributed by atoms with Gasteiger partial charge in [-0.15, -0.1) is 5.46 Å². The van der Waals surface area contributed by atoms with Gasteiger partial charge < -0.3 is 18.1 Å². The first-order chi connectivity index (χ1) is 6.98. The van der Waals surface area contributed by atoms with E-state index >= 15 is 0 Å². The molecule has 0 spiro atoms. The van der Waals surface area contributed by atoms with E-state index in [0.717, 1.165) is 30.5 Å². The van der Waals surface area contributed by atoms with E-state index in [-0.39, 0.29) is 12.0 Å². The summed E-state index contributed by atoms with van der Waals surface area (Å²) >= 11 is 0. The van der Waals surface area contributed by atoms with Gasteiger partial charge in [0.05, 0.1) is 6.61 Å². The zero-order valence-corrected chi connectivity index (χ0v) is 8.09. The van der Waals surface area contributed by atoms with Crippen molar-refractivity contribution in [2.24, 2.45) is 0 Å². The lowest BCUT2D eigenvalue weighted by molar-refractivity contribution is 0.255. The summed E-state index contributed by atoms with van der Waals surface area (Å²) in [6.07, 6.45) is 1.72. The van der Waals surface area contributed by atoms with Gasteiger partial charge >= 0.3 is 6.98 Å². The van der Waals surface area contributed by atoms with Crippen LogP contribution in [0.5, 0.6) is 0 Å². The predicted octanol–water partition coefficient (Wildman–Crippen LogP) is 1.76. The van der Waals surface area contributed by atoms with Gasteiger partial charge in [-0.3, -0.25) is 0 Å². The fourth-order valence-electron chi connectivity index (χ4n) is 1.74. The molecule has 1 aromatic carbocycles. The van der Waals surface area contributed by atoms with Crippen LogP contribution in [0, 0.1) is 0 Å². The molecule has 1 aromatic rings. The molecule has 15 heavy (non-hydrogen) atoms. The van der Waals surface area contributed by atoms with Crippen LogP contribution < -0.4 is 5.46 Å². The highest BCUT2D eigenvalue weighted by Gasteiger charge is 2.43. The minimum absolute atomic E-state index is 0.0174. The van der Waals surface area contributed by atoms with Crippen LogP contribution in [0.1, 0.15) is 18.4 Å². The van der Waals surface area contributed by atoms with Crippen molar-refractivity contribution in [3.8, 4) is 0 Å². The van der Waals surface area contributed by atoms with Gasteiger partial charge in [0.2, 0.25) is 0 Å². The Morgan fingerprint density at radius 3 is 2.00 bits per heavy atom. The van der Waals surface area contributed by atoms with E-state index in [1.807, 2.05) is 0 Å². The molecule has 5 heteroatoms. The second-order valence-corrected chi connectivity index (χ2v) is 4.14. The van der Waals surface area contributed by atoms with Crippen molar-refractivity contribution in [3.05, 3.63) is 29.8 Å². The second-order valence-electron chi connectivity index (χ2n) is 4.14. The van der Waals surface area contributed by atoms with Crippen LogP contribution in [-0.4, -0.2) is 18.7 Å². The molecule has 0 unspecified atom stereocenters. The average molecular weight is 215 g/mol. The number of aliphatic hydroxyl groups is 1. The minimum atomic E-state index is -4.91. The van der Waals surface area contributed by atoms with E-state index in [1.54, 1.807) is 0 Å². The van der Waals surface area contributed by atoms with Crippen molar-refractivity contribution in [1.29, 1.82) is 0 Å². The normalized spacial score (nSPS) is 18.9. The Hall–Kier alpha value is -0.965. The zero-order chi connectivity index (χ0) is 11.1. The fourth-order valence-corrected chi connectivity index (χ4v) is 1.74. The summed E-state index contributed by atoms with van der Waals surface area (Å²) in [4.78, 5) is 0. The van der Waals surface area contributed by atoms with Crippen LogP contribution in [-0.2, 0) is 5.41 Å². The number of hydrogen-bond acceptors (Lipinski definition) is 1. The molecule has 0 bridgehead atoms. The molecular weight excluding hydrogens is 204 g/mol. The average Bonchev–Trinajstić information content (AvgIpc) is 2.97. The van der Waals surface area contributed by atoms with Crippen LogP contribution in [0.4, 0.5) is 12.9 Å². The third-order valence-electron chi connectivity index (χ3n) is 3.06. The fraction of sp³-hybridized carbons (Fsp3) is 0.400. The lowest BCUT2D eigenvalue weighted by Gasteiger charge is -2.17. The van der Waals surface area contributed by atoms with Crippen molar-refractivity contribution in [3.63, 3.8) is 0 Å². The van der Waals surface area contributed by atoms with Gasteiger partial charge in [-0.05, 0) is 18.4 Å². The van der Waals surface area contributed by atoms with E-state index in [1.165, 1.54) is 12.1 Å². The number of halogens is 3. The van der Waals surface area contributed by atoms with Crippen molar-refractivity contribution < 1.29 is 18.1 Å². The van der Waals surface area contributed by atoms with E-state index < -0.39 is 12.4 Å². The van der Waals surface area contributed by atoms with Gasteiger partial charge in [0.25, 0.3) is 0 Å². The van der Waals surface area contributed by atoms with Gasteiger partial charge in [-0.25, -0.2) is 0 Å². The largest absolute Gasteiger partial charge is 0.509 e. The monoisotopic (exact) mass is 215 g/mol. The molecule has 0 heterocycles. The Labute approximate surface area is 86.0 Å². The Bertz CT molecular complexity index is 354. The Balaban J connectivity index is 2.25. The van der Waals surface area contributed by atoms with Crippen molar-refractivity contribution in [2.75, 3.05) is 6.61 Å². The van der Waals surface area contributed by atoms with Gasteiger partial charge in [0, 0.05) is 5.41 Å². The molecule has 82 valence electrons. The molecule has 0 atom stereocenters. The lowest BCUT2D eigenvalue weighted by atomic mass is 9.79. The first-order valence-corrected chi connectivity index (χ1v) is 4.89. The molecule has 1 N–H and O–H groups in total. The maximum absolute atomic E-state index is 12.3. The van der Waals surface area contributed by atoms with E-state index in [0.29, 0.717) is 0 Å². The van der Waals surface area contributed by atoms with Gasteiger partial charge in [-0.1, -0.05) is 24.3 Å². The molecule has 0 aromatic heterocycles. The Kier molecular flexibility index (Phi) is 2.30. The molecule has 1 saturated carbocycles. The van der Waals surface area contributed by atoms with E-state index in [4.69, 9.17) is 5.11 Å². The second kappa shape index (κ2) is 3.27. The van der Waals surface area contributed by atoms with Crippen LogP contribution >= 0.6 is 0 Å². The molecule has 0 saturated heterocycles. The summed E-state index contributed by atoms with van der Waals surface area (Å²) in [6.45, 7) is -4.89. The molecule has 0 aliphatic heterocycles. The summed E-state index contributed by atoms with van der Waals surface area (Å²) in [5, 5.41) is 9.12. The maximum atomic E-state index is 12.3. The summed E-state index contributed by atoms with van der Waals surface area (Å²) in [7, 11) is 0. The molecule has 1 nitrogen and oxygen atoms in total. The third-order valence-corrected chi connectivity index (χ3v) is 3.06. The van der Waals surface area contributed by atoms with E-state index in [2.05, 4.69) is 0 Å². The van der Waals surface area contributed by atoms with Crippen LogP contribution in [0.2, 0.25) is 0 Å². The molecule has 1 aliphatic rings. The molecule has 2 rings (SSSR count). The first-order valence-electron chi connectivity index (χ1n) is 4.89. The summed E-state index contributed by atoms with van der Waals surface area (Å²) in [6, 6.07) is 5.16. The Morgan fingerprint density at radius 2 is 1.67 bits per heavy atom. The lowest BCUT2D eigenvalue weighted by Crippen LogP contribution is -2.34. The topological polar surface area (TPSA) is 20.2 Å². The molecule has 0 amide bonds. The van der Waals surface area contributed by atoms with Crippen molar-refractivity contribution in [1.82, 2.24) is 0 Å². The zero-order valence-electron chi connectivity index (χ0n) is 8.09. The van der Waals surface area contributed by atoms with Crippen LogP contribution in [0.25, 0.3) is 0 Å². The number of rotatable bonds is 3. The highest BCUT2D eigenvalue weighted by molar-refractivity contribution is 6.73. The smallest absolute Gasteiger partial charge is 0.445 e. The quantitative estimate of drug-likeness (QED) is 0.761. The SMILES string of the molecule is OCC1(c2ccc([B-](F)(F)F)cc2)CC1. The first kappa shape index (κ1) is 10.5. The summed E-state index contributed by atoms with van der Waals surface area (Å²) in [5.74, 6) is 0. The predicted molar refractivity (Wildman–Crippen MR) is 53.2 cm³/mol. The molecular formula is C10H11BF3O-. The van der Waals surface area contributed by atoms with Gasteiger partial charge in [0.15, 0.2) is 0 Å². The van der Waals surface area contributed by atoms with Crippen LogP contribution in [0.3, 0.4) is 0 Å². The van der Waals surface area contributed by atoms with Gasteiger partial charge in [-0.2, -0.15) is 0 Å². The highest BCUT2D eigenvalue weighted by atomic mass is 19.4. The van der Waals surface area contributed by atoms with Crippen molar-refractivity contribution in [2.45, 2.75) is 18.3 Å². The van der Waals surface area contributed by atoms with Crippen LogP contribution in [0.15, 0.2) is 24.3 Å².